The third-order valence-electron chi connectivity index (χ3n) is 3.29. The lowest BCUT2D eigenvalue weighted by atomic mass is 9.99. The predicted octanol–water partition coefficient (Wildman–Crippen LogP) is 2.48. The maximum atomic E-state index is 11.8. The molecule has 1 aromatic heterocycles. The smallest absolute Gasteiger partial charge is 0.253 e. The highest BCUT2D eigenvalue weighted by molar-refractivity contribution is 5.77. The van der Waals surface area contributed by atoms with Gasteiger partial charge >= 0.3 is 0 Å². The van der Waals surface area contributed by atoms with Crippen LogP contribution in [-0.2, 0) is 7.05 Å². The fourth-order valence-corrected chi connectivity index (χ4v) is 2.01. The minimum absolute atomic E-state index is 0.0285. The molecule has 0 spiro atoms. The first-order valence-corrected chi connectivity index (χ1v) is 5.77. The largest absolute Gasteiger partial charge is 0.318 e. The summed E-state index contributed by atoms with van der Waals surface area (Å²) in [6, 6.07) is 7.36. The summed E-state index contributed by atoms with van der Waals surface area (Å²) in [5.74, 6) is 0. The van der Waals surface area contributed by atoms with Gasteiger partial charge in [-0.05, 0) is 25.0 Å². The second-order valence-corrected chi connectivity index (χ2v) is 4.45. The third kappa shape index (κ3) is 1.99. The van der Waals surface area contributed by atoms with E-state index in [1.807, 2.05) is 32.2 Å². The van der Waals surface area contributed by atoms with Gasteiger partial charge in [-0.3, -0.25) is 9.59 Å². The molecule has 0 unspecified atom stereocenters. The molecule has 0 aliphatic heterocycles. The molecule has 1 heterocycles. The Morgan fingerprint density at radius 2 is 1.67 bits per heavy atom. The van der Waals surface area contributed by atoms with Gasteiger partial charge in [0, 0.05) is 29.9 Å². The fraction of sp³-hybridized carbons (Fsp3) is 0.200. The number of carbonyl (C=O) groups is 1. The van der Waals surface area contributed by atoms with Crippen LogP contribution in [-0.4, -0.2) is 10.9 Å². The van der Waals surface area contributed by atoms with E-state index in [-0.39, 0.29) is 5.56 Å². The van der Waals surface area contributed by atoms with Crippen molar-refractivity contribution in [3.8, 4) is 11.1 Å². The van der Waals surface area contributed by atoms with Gasteiger partial charge in [-0.2, -0.15) is 0 Å². The van der Waals surface area contributed by atoms with Crippen molar-refractivity contribution in [2.45, 2.75) is 13.8 Å². The summed E-state index contributed by atoms with van der Waals surface area (Å²) < 4.78 is 1.59. The standard InChI is InChI=1S/C15H15NO2/c1-10-11(2)15(18)16(3)8-14(10)13-6-4-12(9-17)5-7-13/h4-9H,1-3H3. The Hall–Kier alpha value is -2.16. The molecule has 1 aromatic carbocycles. The second-order valence-electron chi connectivity index (χ2n) is 4.45. The van der Waals surface area contributed by atoms with Crippen LogP contribution < -0.4 is 5.56 Å². The van der Waals surface area contributed by atoms with E-state index < -0.39 is 0 Å². The average Bonchev–Trinajstić information content (AvgIpc) is 2.41. The molecule has 18 heavy (non-hydrogen) atoms. The van der Waals surface area contributed by atoms with Crippen LogP contribution >= 0.6 is 0 Å². The van der Waals surface area contributed by atoms with Crippen LogP contribution in [0.15, 0.2) is 35.3 Å². The first-order valence-electron chi connectivity index (χ1n) is 5.77. The SMILES string of the molecule is Cc1c(-c2ccc(C=O)cc2)cn(C)c(=O)c1C. The molecule has 0 aliphatic carbocycles. The normalized spacial score (nSPS) is 10.4. The van der Waals surface area contributed by atoms with Crippen molar-refractivity contribution in [1.82, 2.24) is 4.57 Å². The minimum Gasteiger partial charge on any atom is -0.318 e. The van der Waals surface area contributed by atoms with Crippen molar-refractivity contribution < 1.29 is 4.79 Å². The summed E-state index contributed by atoms with van der Waals surface area (Å²) >= 11 is 0. The van der Waals surface area contributed by atoms with Crippen LogP contribution in [0.4, 0.5) is 0 Å². The van der Waals surface area contributed by atoms with E-state index in [4.69, 9.17) is 0 Å². The molecular weight excluding hydrogens is 226 g/mol. The minimum atomic E-state index is 0.0285. The van der Waals surface area contributed by atoms with Crippen molar-refractivity contribution in [3.05, 3.63) is 57.5 Å². The van der Waals surface area contributed by atoms with E-state index in [1.165, 1.54) is 0 Å². The van der Waals surface area contributed by atoms with Gasteiger partial charge in [0.2, 0.25) is 0 Å². The molecule has 0 aliphatic rings. The third-order valence-corrected chi connectivity index (χ3v) is 3.29. The maximum absolute atomic E-state index is 11.8. The summed E-state index contributed by atoms with van der Waals surface area (Å²) in [5, 5.41) is 0. The van der Waals surface area contributed by atoms with Gasteiger partial charge in [-0.15, -0.1) is 0 Å². The molecule has 3 heteroatoms. The van der Waals surface area contributed by atoms with Crippen LogP contribution in [0.1, 0.15) is 21.5 Å². The van der Waals surface area contributed by atoms with Crippen molar-refractivity contribution in [3.63, 3.8) is 0 Å². The Bertz CT molecular complexity index is 651. The van der Waals surface area contributed by atoms with Gasteiger partial charge in [-0.1, -0.05) is 24.3 Å². The number of rotatable bonds is 2. The molecule has 2 aromatic rings. The van der Waals surface area contributed by atoms with E-state index in [2.05, 4.69) is 0 Å². The molecule has 2 rings (SSSR count). The highest BCUT2D eigenvalue weighted by Gasteiger charge is 2.08. The number of carbonyl (C=O) groups excluding carboxylic acids is 1. The van der Waals surface area contributed by atoms with Crippen molar-refractivity contribution in [2.24, 2.45) is 7.05 Å². The highest BCUT2D eigenvalue weighted by atomic mass is 16.1. The van der Waals surface area contributed by atoms with Crippen LogP contribution in [0.25, 0.3) is 11.1 Å². The number of aromatic nitrogens is 1. The topological polar surface area (TPSA) is 39.1 Å². The van der Waals surface area contributed by atoms with E-state index in [0.717, 1.165) is 28.5 Å². The van der Waals surface area contributed by atoms with E-state index in [0.29, 0.717) is 5.56 Å². The van der Waals surface area contributed by atoms with Crippen molar-refractivity contribution in [2.75, 3.05) is 0 Å². The Kier molecular flexibility index (Phi) is 3.15. The van der Waals surface area contributed by atoms with Crippen LogP contribution in [0.2, 0.25) is 0 Å². The molecule has 3 nitrogen and oxygen atoms in total. The number of benzene rings is 1. The molecule has 92 valence electrons. The van der Waals surface area contributed by atoms with Crippen LogP contribution in [0.3, 0.4) is 0 Å². The Morgan fingerprint density at radius 1 is 1.06 bits per heavy atom. The first-order chi connectivity index (χ1) is 8.54. The van der Waals surface area contributed by atoms with E-state index >= 15 is 0 Å². The van der Waals surface area contributed by atoms with Gasteiger partial charge in [0.15, 0.2) is 0 Å². The summed E-state index contributed by atoms with van der Waals surface area (Å²) in [7, 11) is 1.75. The summed E-state index contributed by atoms with van der Waals surface area (Å²) in [6.07, 6.45) is 2.66. The molecule has 0 saturated heterocycles. The number of hydrogen-bond donors (Lipinski definition) is 0. The summed E-state index contributed by atoms with van der Waals surface area (Å²) in [4.78, 5) is 22.4. The zero-order valence-electron chi connectivity index (χ0n) is 10.7. The molecule has 0 N–H and O–H groups in total. The summed E-state index contributed by atoms with van der Waals surface area (Å²) in [6.45, 7) is 3.78. The maximum Gasteiger partial charge on any atom is 0.253 e. The molecule has 0 fully saturated rings. The lowest BCUT2D eigenvalue weighted by Crippen LogP contribution is -2.20. The first kappa shape index (κ1) is 12.3. The molecule has 0 atom stereocenters. The highest BCUT2D eigenvalue weighted by Crippen LogP contribution is 2.23. The lowest BCUT2D eigenvalue weighted by Gasteiger charge is -2.11. The van der Waals surface area contributed by atoms with Crippen molar-refractivity contribution >= 4 is 6.29 Å². The molecule has 0 amide bonds. The van der Waals surface area contributed by atoms with Gasteiger partial charge < -0.3 is 4.57 Å². The van der Waals surface area contributed by atoms with Gasteiger partial charge in [0.05, 0.1) is 0 Å². The predicted molar refractivity (Wildman–Crippen MR) is 72.0 cm³/mol. The zero-order valence-corrected chi connectivity index (χ0v) is 10.7. The quantitative estimate of drug-likeness (QED) is 0.758. The molecule has 0 bridgehead atoms. The average molecular weight is 241 g/mol. The Morgan fingerprint density at radius 3 is 2.22 bits per heavy atom. The monoisotopic (exact) mass is 241 g/mol. The molecule has 0 radical (unpaired) electrons. The van der Waals surface area contributed by atoms with Gasteiger partial charge in [0.1, 0.15) is 6.29 Å². The van der Waals surface area contributed by atoms with E-state index in [1.54, 1.807) is 23.7 Å². The zero-order chi connectivity index (χ0) is 13.3. The number of pyridine rings is 1. The van der Waals surface area contributed by atoms with E-state index in [9.17, 15) is 9.59 Å². The second kappa shape index (κ2) is 4.61. The molecule has 0 saturated carbocycles. The summed E-state index contributed by atoms with van der Waals surface area (Å²) in [5.41, 5.74) is 4.45. The van der Waals surface area contributed by atoms with Crippen molar-refractivity contribution in [1.29, 1.82) is 0 Å². The molecular formula is C15H15NO2. The number of nitrogens with zero attached hydrogens (tertiary/aromatic N) is 1. The number of aryl methyl sites for hydroxylation is 1. The Balaban J connectivity index is 2.63. The Labute approximate surface area is 106 Å². The van der Waals surface area contributed by atoms with Gasteiger partial charge in [0.25, 0.3) is 5.56 Å². The van der Waals surface area contributed by atoms with Crippen LogP contribution in [0, 0.1) is 13.8 Å². The number of hydrogen-bond acceptors (Lipinski definition) is 2. The van der Waals surface area contributed by atoms with Gasteiger partial charge in [-0.25, -0.2) is 0 Å². The van der Waals surface area contributed by atoms with Crippen LogP contribution in [0.5, 0.6) is 0 Å². The fourth-order valence-electron chi connectivity index (χ4n) is 2.01. The lowest BCUT2D eigenvalue weighted by molar-refractivity contribution is 0.112. The number of aldehydes is 1.